The van der Waals surface area contributed by atoms with Gasteiger partial charge in [-0.2, -0.15) is 0 Å². The van der Waals surface area contributed by atoms with Gasteiger partial charge in [-0.25, -0.2) is 0 Å². The molecule has 0 fully saturated rings. The lowest BCUT2D eigenvalue weighted by Crippen LogP contribution is -2.10. The molecule has 0 amide bonds. The Morgan fingerprint density at radius 2 is 1.17 bits per heavy atom. The van der Waals surface area contributed by atoms with E-state index in [9.17, 15) is 0 Å². The van der Waals surface area contributed by atoms with Gasteiger partial charge in [-0.1, -0.05) is 84.5 Å². The maximum atomic E-state index is 5.61. The molecule has 2 heteroatoms. The average molecular weight is 273 g/mol. The van der Waals surface area contributed by atoms with Crippen molar-refractivity contribution in [2.24, 2.45) is 0 Å². The van der Waals surface area contributed by atoms with E-state index in [0.29, 0.717) is 6.10 Å². The second kappa shape index (κ2) is 15.2. The zero-order valence-corrected chi connectivity index (χ0v) is 15.2. The molecule has 0 aromatic heterocycles. The van der Waals surface area contributed by atoms with E-state index in [4.69, 9.17) is 4.43 Å². The average Bonchev–Trinajstić information content (AvgIpc) is 2.39. The zero-order valence-electron chi connectivity index (χ0n) is 13.2. The van der Waals surface area contributed by atoms with Crippen LogP contribution in [0.25, 0.3) is 0 Å². The Kier molecular flexibility index (Phi) is 15.4. The minimum atomic E-state index is 0.579. The second-order valence-corrected chi connectivity index (χ2v) is 6.09. The van der Waals surface area contributed by atoms with Gasteiger partial charge in [-0.3, -0.25) is 0 Å². The smallest absolute Gasteiger partial charge is 0.146 e. The number of hydrogen-bond acceptors (Lipinski definition) is 1. The van der Waals surface area contributed by atoms with Gasteiger partial charge >= 0.3 is 0 Å². The van der Waals surface area contributed by atoms with E-state index in [1.54, 1.807) is 0 Å². The van der Waals surface area contributed by atoms with E-state index in [-0.39, 0.29) is 0 Å². The summed E-state index contributed by atoms with van der Waals surface area (Å²) < 4.78 is 5.61. The van der Waals surface area contributed by atoms with Crippen molar-refractivity contribution in [1.82, 2.24) is 0 Å². The van der Waals surface area contributed by atoms with Gasteiger partial charge in [0.25, 0.3) is 0 Å². The molecule has 0 saturated heterocycles. The first-order chi connectivity index (χ1) is 8.85. The predicted octanol–water partition coefficient (Wildman–Crippen LogP) is 4.76. The summed E-state index contributed by atoms with van der Waals surface area (Å²) in [6.45, 7) is 4.54. The molecule has 110 valence electrons. The summed E-state index contributed by atoms with van der Waals surface area (Å²) in [4.78, 5) is 0. The fraction of sp³-hybridized carbons (Fsp3) is 1.00. The molecule has 0 radical (unpaired) electrons. The fourth-order valence-corrected chi connectivity index (χ4v) is 3.03. The highest BCUT2D eigenvalue weighted by atomic mass is 28.2. The minimum absolute atomic E-state index is 0.579. The van der Waals surface area contributed by atoms with Gasteiger partial charge in [0.1, 0.15) is 10.5 Å². The predicted molar refractivity (Wildman–Crippen MR) is 86.2 cm³/mol. The summed E-state index contributed by atoms with van der Waals surface area (Å²) in [5.41, 5.74) is 0. The molecule has 0 spiro atoms. The van der Waals surface area contributed by atoms with Crippen molar-refractivity contribution in [3.05, 3.63) is 0 Å². The van der Waals surface area contributed by atoms with Crippen molar-refractivity contribution >= 4 is 10.5 Å². The third-order valence-electron chi connectivity index (χ3n) is 3.82. The van der Waals surface area contributed by atoms with E-state index in [0.717, 1.165) is 10.5 Å². The first kappa shape index (κ1) is 18.2. The Labute approximate surface area is 119 Å². The molecular formula is C16H36OSi. The molecule has 0 aromatic rings. The van der Waals surface area contributed by atoms with Crippen LogP contribution < -0.4 is 0 Å². The minimum Gasteiger partial charge on any atom is -0.425 e. The van der Waals surface area contributed by atoms with Gasteiger partial charge in [0, 0.05) is 6.10 Å². The summed E-state index contributed by atoms with van der Waals surface area (Å²) in [5.74, 6) is 0. The molecular weight excluding hydrogens is 236 g/mol. The van der Waals surface area contributed by atoms with Crippen molar-refractivity contribution in [2.75, 3.05) is 0 Å². The van der Waals surface area contributed by atoms with Gasteiger partial charge in [-0.05, 0) is 12.8 Å². The van der Waals surface area contributed by atoms with Gasteiger partial charge < -0.3 is 4.43 Å². The van der Waals surface area contributed by atoms with Crippen LogP contribution in [-0.2, 0) is 4.43 Å². The fourth-order valence-electron chi connectivity index (χ4n) is 2.56. The number of rotatable bonds is 14. The quantitative estimate of drug-likeness (QED) is 0.327. The lowest BCUT2D eigenvalue weighted by molar-refractivity contribution is 0.192. The standard InChI is InChI=1S/C16H36OSi/c1-3-5-6-7-8-9-10-11-12-13-15-16(17-18)14-4-2/h16H,3-15H2,1-2,18H3. The second-order valence-electron chi connectivity index (χ2n) is 5.62. The van der Waals surface area contributed by atoms with Crippen LogP contribution >= 0.6 is 0 Å². The number of unbranched alkanes of at least 4 members (excludes halogenated alkanes) is 9. The van der Waals surface area contributed by atoms with Crippen molar-refractivity contribution in [3.63, 3.8) is 0 Å². The molecule has 1 atom stereocenters. The molecule has 1 nitrogen and oxygen atoms in total. The van der Waals surface area contributed by atoms with E-state index in [1.807, 2.05) is 0 Å². The SMILES string of the molecule is CCCCCCCCCCCCC(CCC)O[SiH3]. The molecule has 18 heavy (non-hydrogen) atoms. The van der Waals surface area contributed by atoms with Crippen LogP contribution in [0.15, 0.2) is 0 Å². The Morgan fingerprint density at radius 1 is 0.667 bits per heavy atom. The highest BCUT2D eigenvalue weighted by Crippen LogP contribution is 2.14. The summed E-state index contributed by atoms with van der Waals surface area (Å²) in [6, 6.07) is 0. The molecule has 0 aliphatic heterocycles. The van der Waals surface area contributed by atoms with E-state index >= 15 is 0 Å². The highest BCUT2D eigenvalue weighted by molar-refractivity contribution is 5.98. The largest absolute Gasteiger partial charge is 0.425 e. The summed E-state index contributed by atoms with van der Waals surface area (Å²) in [5, 5.41) is 0. The topological polar surface area (TPSA) is 9.23 Å². The molecule has 0 heterocycles. The third kappa shape index (κ3) is 12.6. The summed E-state index contributed by atoms with van der Waals surface area (Å²) >= 11 is 0. The maximum Gasteiger partial charge on any atom is 0.146 e. The monoisotopic (exact) mass is 272 g/mol. The Balaban J connectivity index is 3.10. The highest BCUT2D eigenvalue weighted by Gasteiger charge is 2.04. The van der Waals surface area contributed by atoms with E-state index in [2.05, 4.69) is 13.8 Å². The Bertz CT molecular complexity index is 150. The molecule has 1 unspecified atom stereocenters. The van der Waals surface area contributed by atoms with Crippen LogP contribution in [0.4, 0.5) is 0 Å². The van der Waals surface area contributed by atoms with Crippen LogP contribution in [-0.4, -0.2) is 16.6 Å². The van der Waals surface area contributed by atoms with Gasteiger partial charge in [0.15, 0.2) is 0 Å². The zero-order chi connectivity index (χ0) is 13.5. The van der Waals surface area contributed by atoms with Gasteiger partial charge in [-0.15, -0.1) is 0 Å². The molecule has 0 N–H and O–H groups in total. The molecule has 0 aliphatic rings. The lowest BCUT2D eigenvalue weighted by atomic mass is 10.0. The maximum absolute atomic E-state index is 5.61. The Hall–Kier alpha value is 0.177. The number of hydrogen-bond donors (Lipinski definition) is 0. The summed E-state index contributed by atoms with van der Waals surface area (Å²) in [7, 11) is 0.907. The Morgan fingerprint density at radius 3 is 1.61 bits per heavy atom. The molecule has 0 bridgehead atoms. The van der Waals surface area contributed by atoms with Crippen LogP contribution in [0, 0.1) is 0 Å². The first-order valence-corrected chi connectivity index (χ1v) is 9.19. The van der Waals surface area contributed by atoms with Crippen LogP contribution in [0.3, 0.4) is 0 Å². The van der Waals surface area contributed by atoms with Crippen molar-refractivity contribution < 1.29 is 4.43 Å². The normalized spacial score (nSPS) is 13.0. The van der Waals surface area contributed by atoms with E-state index in [1.165, 1.54) is 83.5 Å². The third-order valence-corrected chi connectivity index (χ3v) is 4.49. The van der Waals surface area contributed by atoms with E-state index < -0.39 is 0 Å². The lowest BCUT2D eigenvalue weighted by Gasteiger charge is -2.14. The van der Waals surface area contributed by atoms with Crippen molar-refractivity contribution in [1.29, 1.82) is 0 Å². The molecule has 0 aromatic carbocycles. The van der Waals surface area contributed by atoms with Crippen molar-refractivity contribution in [3.8, 4) is 0 Å². The van der Waals surface area contributed by atoms with Gasteiger partial charge in [0.05, 0.1) is 0 Å². The van der Waals surface area contributed by atoms with Gasteiger partial charge in [0.2, 0.25) is 0 Å². The first-order valence-electron chi connectivity index (χ1n) is 8.37. The van der Waals surface area contributed by atoms with Crippen LogP contribution in [0.5, 0.6) is 0 Å². The van der Waals surface area contributed by atoms with Crippen LogP contribution in [0.1, 0.15) is 97.3 Å². The molecule has 0 saturated carbocycles. The molecule has 0 rings (SSSR count). The molecule has 0 aliphatic carbocycles. The summed E-state index contributed by atoms with van der Waals surface area (Å²) in [6.07, 6.45) is 18.7. The van der Waals surface area contributed by atoms with Crippen molar-refractivity contribution in [2.45, 2.75) is 103 Å². The van der Waals surface area contributed by atoms with Crippen LogP contribution in [0.2, 0.25) is 0 Å².